The Bertz CT molecular complexity index is 873. The van der Waals surface area contributed by atoms with Crippen molar-refractivity contribution < 1.29 is 19.4 Å². The van der Waals surface area contributed by atoms with Crippen LogP contribution in [0, 0.1) is 0 Å². The van der Waals surface area contributed by atoms with Crippen LogP contribution in [-0.2, 0) is 4.79 Å². The number of thioether (sulfide) groups is 1. The molecule has 7 heteroatoms. The normalized spacial score (nSPS) is 15.7. The molecule has 1 aliphatic rings. The van der Waals surface area contributed by atoms with Crippen LogP contribution in [0.15, 0.2) is 53.4 Å². The van der Waals surface area contributed by atoms with Gasteiger partial charge in [0.2, 0.25) is 0 Å². The number of carboxylic acids is 1. The lowest BCUT2D eigenvalue weighted by Gasteiger charge is -2.15. The van der Waals surface area contributed by atoms with Crippen molar-refractivity contribution in [3.8, 4) is 5.75 Å². The van der Waals surface area contributed by atoms with Gasteiger partial charge in [0.05, 0.1) is 23.7 Å². The van der Waals surface area contributed by atoms with Crippen molar-refractivity contribution in [2.75, 3.05) is 12.0 Å². The summed E-state index contributed by atoms with van der Waals surface area (Å²) in [7, 11) is 1.59. The van der Waals surface area contributed by atoms with Gasteiger partial charge in [-0.2, -0.15) is 0 Å². The average Bonchev–Trinajstić information content (AvgIpc) is 2.89. The Morgan fingerprint density at radius 2 is 1.80 bits per heavy atom. The summed E-state index contributed by atoms with van der Waals surface area (Å²) in [4.78, 5) is 25.4. The second kappa shape index (κ2) is 7.08. The van der Waals surface area contributed by atoms with E-state index in [2.05, 4.69) is 0 Å². The van der Waals surface area contributed by atoms with Gasteiger partial charge in [0.25, 0.3) is 5.91 Å². The van der Waals surface area contributed by atoms with E-state index in [9.17, 15) is 14.7 Å². The lowest BCUT2D eigenvalue weighted by atomic mass is 10.2. The first-order valence-electron chi connectivity index (χ1n) is 7.23. The van der Waals surface area contributed by atoms with Gasteiger partial charge in [0.15, 0.2) is 4.32 Å². The minimum atomic E-state index is -1.27. The highest BCUT2D eigenvalue weighted by molar-refractivity contribution is 8.27. The number of methoxy groups -OCH3 is 1. The molecule has 3 rings (SSSR count). The number of carboxylic acid groups (broad SMARTS) is 1. The Hall–Kier alpha value is -2.64. The van der Waals surface area contributed by atoms with Crippen LogP contribution < -0.4 is 14.7 Å². The topological polar surface area (TPSA) is 69.7 Å². The van der Waals surface area contributed by atoms with E-state index in [1.165, 1.54) is 40.9 Å². The Balaban J connectivity index is 1.86. The van der Waals surface area contributed by atoms with Gasteiger partial charge >= 0.3 is 0 Å². The van der Waals surface area contributed by atoms with Crippen LogP contribution in [0.2, 0.25) is 0 Å². The molecule has 0 spiro atoms. The number of thiocarbonyl (C=S) groups is 1. The number of ether oxygens (including phenoxy) is 1. The van der Waals surface area contributed by atoms with Crippen LogP contribution >= 0.6 is 24.0 Å². The Labute approximate surface area is 153 Å². The Kier molecular flexibility index (Phi) is 4.87. The molecule has 0 aliphatic carbocycles. The van der Waals surface area contributed by atoms with E-state index in [0.717, 1.165) is 11.3 Å². The lowest BCUT2D eigenvalue weighted by Crippen LogP contribution is -2.28. The molecule has 1 saturated heterocycles. The summed E-state index contributed by atoms with van der Waals surface area (Å²) in [5, 5.41) is 10.8. The smallest absolute Gasteiger partial charge is 0.270 e. The first-order valence-corrected chi connectivity index (χ1v) is 8.45. The van der Waals surface area contributed by atoms with Gasteiger partial charge in [-0.1, -0.05) is 48.2 Å². The summed E-state index contributed by atoms with van der Waals surface area (Å²) < 4.78 is 5.51. The van der Waals surface area contributed by atoms with Gasteiger partial charge in [-0.15, -0.1) is 0 Å². The lowest BCUT2D eigenvalue weighted by molar-refractivity contribution is -0.255. The third-order valence-electron chi connectivity index (χ3n) is 3.57. The summed E-state index contributed by atoms with van der Waals surface area (Å²) >= 11 is 6.50. The van der Waals surface area contributed by atoms with Crippen LogP contribution in [0.1, 0.15) is 15.9 Å². The molecule has 0 unspecified atom stereocenters. The number of carbonyl (C=O) groups is 2. The first-order chi connectivity index (χ1) is 12.0. The van der Waals surface area contributed by atoms with Gasteiger partial charge in [0, 0.05) is 0 Å². The molecular weight excluding hydrogens is 358 g/mol. The molecule has 0 bridgehead atoms. The Morgan fingerprint density at radius 3 is 2.36 bits per heavy atom. The maximum Gasteiger partial charge on any atom is 0.270 e. The van der Waals surface area contributed by atoms with Gasteiger partial charge in [-0.3, -0.25) is 9.69 Å². The molecule has 0 N–H and O–H groups in total. The number of benzene rings is 2. The molecular formula is C18H12NO4S2-. The predicted octanol–water partition coefficient (Wildman–Crippen LogP) is 2.46. The zero-order valence-corrected chi connectivity index (χ0v) is 14.7. The summed E-state index contributed by atoms with van der Waals surface area (Å²) in [6.07, 6.45) is 1.76. The van der Waals surface area contributed by atoms with Crippen molar-refractivity contribution in [3.63, 3.8) is 0 Å². The molecule has 25 heavy (non-hydrogen) atoms. The van der Waals surface area contributed by atoms with E-state index >= 15 is 0 Å². The SMILES string of the molecule is COc1ccc(/C=C2\SC(=S)N(c3ccc(C(=O)[O-])cc3)C2=O)cc1. The van der Waals surface area contributed by atoms with Gasteiger partial charge < -0.3 is 14.6 Å². The highest BCUT2D eigenvalue weighted by atomic mass is 32.2. The zero-order chi connectivity index (χ0) is 18.0. The number of carbonyl (C=O) groups excluding carboxylic acids is 2. The van der Waals surface area contributed by atoms with Crippen LogP contribution in [0.25, 0.3) is 6.08 Å². The molecule has 0 aromatic heterocycles. The second-order valence-corrected chi connectivity index (χ2v) is 6.80. The van der Waals surface area contributed by atoms with Crippen molar-refractivity contribution in [1.82, 2.24) is 0 Å². The highest BCUT2D eigenvalue weighted by Gasteiger charge is 2.33. The summed E-state index contributed by atoms with van der Waals surface area (Å²) in [5.41, 5.74) is 1.42. The van der Waals surface area contributed by atoms with Crippen molar-refractivity contribution in [2.24, 2.45) is 0 Å². The van der Waals surface area contributed by atoms with Crippen LogP contribution in [-0.4, -0.2) is 23.3 Å². The first kappa shape index (κ1) is 17.2. The average molecular weight is 370 g/mol. The molecule has 126 valence electrons. The molecule has 0 radical (unpaired) electrons. The summed E-state index contributed by atoms with van der Waals surface area (Å²) in [5.74, 6) is -0.777. The third kappa shape index (κ3) is 3.57. The second-order valence-electron chi connectivity index (χ2n) is 5.12. The number of amides is 1. The molecule has 2 aromatic carbocycles. The minimum Gasteiger partial charge on any atom is -0.545 e. The van der Waals surface area contributed by atoms with Crippen molar-refractivity contribution in [3.05, 3.63) is 64.6 Å². The fourth-order valence-corrected chi connectivity index (χ4v) is 3.59. The summed E-state index contributed by atoms with van der Waals surface area (Å²) in [6.45, 7) is 0. The fourth-order valence-electron chi connectivity index (χ4n) is 2.29. The van der Waals surface area contributed by atoms with E-state index in [0.29, 0.717) is 14.9 Å². The Morgan fingerprint density at radius 1 is 1.16 bits per heavy atom. The van der Waals surface area contributed by atoms with E-state index in [1.54, 1.807) is 13.2 Å². The molecule has 1 fully saturated rings. The number of hydrogen-bond acceptors (Lipinski definition) is 6. The fraction of sp³-hybridized carbons (Fsp3) is 0.0556. The zero-order valence-electron chi connectivity index (χ0n) is 13.1. The van der Waals surface area contributed by atoms with Crippen LogP contribution in [0.5, 0.6) is 5.75 Å². The number of hydrogen-bond donors (Lipinski definition) is 0. The number of anilines is 1. The number of aromatic carboxylic acids is 1. The van der Waals surface area contributed by atoms with Crippen molar-refractivity contribution in [2.45, 2.75) is 0 Å². The van der Waals surface area contributed by atoms with Crippen molar-refractivity contribution in [1.29, 1.82) is 0 Å². The van der Waals surface area contributed by atoms with E-state index < -0.39 is 5.97 Å². The van der Waals surface area contributed by atoms with E-state index in [4.69, 9.17) is 17.0 Å². The van der Waals surface area contributed by atoms with Crippen molar-refractivity contribution >= 4 is 51.9 Å². The maximum absolute atomic E-state index is 12.7. The van der Waals surface area contributed by atoms with Crippen LogP contribution in [0.4, 0.5) is 5.69 Å². The molecule has 2 aromatic rings. The molecule has 1 amide bonds. The third-order valence-corrected chi connectivity index (χ3v) is 4.87. The molecule has 0 saturated carbocycles. The summed E-state index contributed by atoms with van der Waals surface area (Å²) in [6, 6.07) is 13.2. The molecule has 0 atom stereocenters. The van der Waals surface area contributed by atoms with Gasteiger partial charge in [-0.25, -0.2) is 0 Å². The van der Waals surface area contributed by atoms with E-state index in [-0.39, 0.29) is 11.5 Å². The standard InChI is InChI=1S/C18H13NO4S2/c1-23-14-8-2-11(3-9-14)10-15-16(20)19(18(24)25-15)13-6-4-12(5-7-13)17(21)22/h2-10H,1H3,(H,21,22)/p-1/b15-10-. The van der Waals surface area contributed by atoms with Crippen LogP contribution in [0.3, 0.4) is 0 Å². The number of rotatable bonds is 4. The minimum absolute atomic E-state index is 0.0444. The van der Waals surface area contributed by atoms with E-state index in [1.807, 2.05) is 24.3 Å². The molecule has 1 heterocycles. The largest absolute Gasteiger partial charge is 0.545 e. The van der Waals surface area contributed by atoms with Gasteiger partial charge in [0.1, 0.15) is 5.75 Å². The number of nitrogens with zero attached hydrogens (tertiary/aromatic N) is 1. The quantitative estimate of drug-likeness (QED) is 0.608. The molecule has 1 aliphatic heterocycles. The molecule has 5 nitrogen and oxygen atoms in total. The highest BCUT2D eigenvalue weighted by Crippen LogP contribution is 2.36. The van der Waals surface area contributed by atoms with Gasteiger partial charge in [-0.05, 0) is 41.5 Å². The maximum atomic E-state index is 12.7. The predicted molar refractivity (Wildman–Crippen MR) is 99.4 cm³/mol. The monoisotopic (exact) mass is 370 g/mol.